The largest absolute Gasteiger partial charge is 0.427 e. The van der Waals surface area contributed by atoms with Crippen LogP contribution in [0.3, 0.4) is 0 Å². The molecule has 0 aromatic carbocycles. The van der Waals surface area contributed by atoms with Gasteiger partial charge in [0.25, 0.3) is 21.1 Å². The summed E-state index contributed by atoms with van der Waals surface area (Å²) in [6.07, 6.45) is 8.85. The van der Waals surface area contributed by atoms with Gasteiger partial charge in [-0.05, 0) is 0 Å². The first-order valence-electron chi connectivity index (χ1n) is 6.64. The van der Waals surface area contributed by atoms with Crippen molar-refractivity contribution in [3.63, 3.8) is 0 Å². The standard InChI is InChI=1S/3C4H9.IO3.Sn/c3*1-3-4-2;2-1(3)4;/h3*1,3-4H2,2H3;;/q;;;-1;+1. The van der Waals surface area contributed by atoms with Gasteiger partial charge in [-0.25, -0.2) is 0 Å². The van der Waals surface area contributed by atoms with E-state index in [2.05, 4.69) is 20.8 Å². The third kappa shape index (κ3) is 23.0. The first kappa shape index (κ1) is 20.7. The summed E-state index contributed by atoms with van der Waals surface area (Å²) in [7, 11) is 0. The molecule has 0 N–H and O–H groups in total. The molecule has 0 bridgehead atoms. The molecule has 0 saturated heterocycles. The van der Waals surface area contributed by atoms with E-state index in [1.165, 1.54) is 38.5 Å². The topological polar surface area (TPSA) is 69.2 Å². The van der Waals surface area contributed by atoms with Crippen LogP contribution in [0.25, 0.3) is 0 Å². The second kappa shape index (κ2) is 17.4. The molecule has 0 spiro atoms. The van der Waals surface area contributed by atoms with Crippen LogP contribution in [0.2, 0.25) is 13.3 Å². The Morgan fingerprint density at radius 1 is 0.706 bits per heavy atom. The van der Waals surface area contributed by atoms with Crippen LogP contribution in [0.4, 0.5) is 0 Å². The van der Waals surface area contributed by atoms with E-state index in [1.807, 2.05) is 0 Å². The van der Waals surface area contributed by atoms with Crippen molar-refractivity contribution in [2.75, 3.05) is 0 Å². The van der Waals surface area contributed by atoms with Crippen molar-refractivity contribution in [3.8, 4) is 0 Å². The van der Waals surface area contributed by atoms with Crippen LogP contribution >= 0.6 is 0 Å². The Labute approximate surface area is 123 Å². The van der Waals surface area contributed by atoms with Gasteiger partial charge in [0.05, 0.1) is 0 Å². The Morgan fingerprint density at radius 3 is 1.12 bits per heavy atom. The molecule has 0 aliphatic rings. The van der Waals surface area contributed by atoms with Crippen molar-refractivity contribution in [2.45, 2.75) is 72.6 Å². The van der Waals surface area contributed by atoms with E-state index in [0.717, 1.165) is 0 Å². The van der Waals surface area contributed by atoms with Crippen LogP contribution in [0.15, 0.2) is 0 Å². The molecule has 0 fully saturated rings. The summed E-state index contributed by atoms with van der Waals surface area (Å²) >= 11 is -4.85. The fourth-order valence-corrected chi connectivity index (χ4v) is 11.1. The Kier molecular flexibility index (Phi) is 21.2. The molecule has 0 aromatic heterocycles. The van der Waals surface area contributed by atoms with Gasteiger partial charge in [-0.15, -0.1) is 0 Å². The Balaban J connectivity index is 0. The number of hydrogen-bond acceptors (Lipinski definition) is 3. The Hall–Kier alpha value is 1.41. The molecule has 5 heteroatoms. The van der Waals surface area contributed by atoms with Crippen LogP contribution in [0.1, 0.15) is 59.3 Å². The first-order chi connectivity index (χ1) is 8.08. The maximum atomic E-state index is 8.57. The zero-order valence-electron chi connectivity index (χ0n) is 11.5. The summed E-state index contributed by atoms with van der Waals surface area (Å²) < 4.78 is 30.8. The van der Waals surface area contributed by atoms with Crippen LogP contribution in [0, 0.1) is 0 Å². The fourth-order valence-electron chi connectivity index (χ4n) is 1.66. The molecule has 0 aliphatic carbocycles. The molecule has 3 nitrogen and oxygen atoms in total. The second-order valence-electron chi connectivity index (χ2n) is 4.25. The molecule has 17 heavy (non-hydrogen) atoms. The number of halogens is 1. The summed E-state index contributed by atoms with van der Waals surface area (Å²) in [5.74, 6) is 0. The maximum Gasteiger partial charge on any atom is 0.282 e. The van der Waals surface area contributed by atoms with Crippen LogP contribution in [0.5, 0.6) is 0 Å². The SMILES string of the molecule is CCC[CH2][Sn+]([CH2]CCC)[CH2]CCC.[O-][I+2]([O-])[O-]. The summed E-state index contributed by atoms with van der Waals surface area (Å²) in [4.78, 5) is 0. The summed E-state index contributed by atoms with van der Waals surface area (Å²) in [6, 6.07) is 0. The molecule has 0 radical (unpaired) electrons. The monoisotopic (exact) mass is 466 g/mol. The van der Waals surface area contributed by atoms with Gasteiger partial charge in [-0.1, -0.05) is 0 Å². The summed E-state index contributed by atoms with van der Waals surface area (Å²) in [6.45, 7) is 7.00. The van der Waals surface area contributed by atoms with Gasteiger partial charge in [0.15, 0.2) is 0 Å². The third-order valence-electron chi connectivity index (χ3n) is 2.65. The van der Waals surface area contributed by atoms with E-state index in [1.54, 1.807) is 13.3 Å². The van der Waals surface area contributed by atoms with Gasteiger partial charge in [0.1, 0.15) is 0 Å². The Morgan fingerprint density at radius 2 is 0.941 bits per heavy atom. The molecule has 0 heterocycles. The molecule has 0 aliphatic heterocycles. The zero-order valence-corrected chi connectivity index (χ0v) is 16.5. The van der Waals surface area contributed by atoms with Crippen molar-refractivity contribution in [1.82, 2.24) is 0 Å². The maximum absolute atomic E-state index is 8.57. The van der Waals surface area contributed by atoms with E-state index in [-0.39, 0.29) is 0 Å². The molecule has 0 amide bonds. The number of rotatable bonds is 9. The molecule has 104 valence electrons. The first-order valence-corrected chi connectivity index (χ1v) is 15.3. The number of hydrogen-bond donors (Lipinski definition) is 0. The fraction of sp³-hybridized carbons (Fsp3) is 1.00. The molecule has 0 saturated carbocycles. The summed E-state index contributed by atoms with van der Waals surface area (Å²) in [5, 5.41) is 0. The predicted molar refractivity (Wildman–Crippen MR) is 64.9 cm³/mol. The van der Waals surface area contributed by atoms with Gasteiger partial charge in [0, 0.05) is 0 Å². The Bertz CT molecular complexity index is 115. The molecular weight excluding hydrogens is 438 g/mol. The van der Waals surface area contributed by atoms with Gasteiger partial charge in [0.2, 0.25) is 0 Å². The predicted octanol–water partition coefficient (Wildman–Crippen LogP) is -1.68. The number of unbranched alkanes of at least 4 members (excludes halogenated alkanes) is 3. The minimum absolute atomic E-state index is 0.839. The van der Waals surface area contributed by atoms with Gasteiger partial charge < -0.3 is 10.3 Å². The van der Waals surface area contributed by atoms with Gasteiger partial charge in [-0.2, -0.15) is 0 Å². The van der Waals surface area contributed by atoms with Crippen molar-refractivity contribution in [3.05, 3.63) is 0 Å². The molecule has 0 rings (SSSR count). The average molecular weight is 465 g/mol. The minimum atomic E-state index is -4.01. The quantitative estimate of drug-likeness (QED) is 0.302. The molecule has 0 atom stereocenters. The normalized spacial score (nSPS) is 10.1. The van der Waals surface area contributed by atoms with Crippen LogP contribution in [-0.4, -0.2) is 19.8 Å². The van der Waals surface area contributed by atoms with Crippen molar-refractivity contribution in [2.24, 2.45) is 0 Å². The van der Waals surface area contributed by atoms with E-state index in [0.29, 0.717) is 0 Å². The van der Waals surface area contributed by atoms with E-state index < -0.39 is 40.8 Å². The third-order valence-corrected chi connectivity index (χ3v) is 11.7. The van der Waals surface area contributed by atoms with E-state index in [9.17, 15) is 0 Å². The van der Waals surface area contributed by atoms with Crippen molar-refractivity contribution >= 4 is 19.8 Å². The smallest absolute Gasteiger partial charge is 0.282 e. The van der Waals surface area contributed by atoms with Crippen molar-refractivity contribution < 1.29 is 31.4 Å². The molecule has 0 unspecified atom stereocenters. The zero-order chi connectivity index (χ0) is 13.5. The molecule has 0 aromatic rings. The minimum Gasteiger partial charge on any atom is -0.427 e. The van der Waals surface area contributed by atoms with Crippen LogP contribution in [-0.2, 0) is 0 Å². The van der Waals surface area contributed by atoms with Gasteiger partial charge in [-0.3, -0.25) is 0 Å². The summed E-state index contributed by atoms with van der Waals surface area (Å²) in [5.41, 5.74) is 0. The second-order valence-corrected chi connectivity index (χ2v) is 13.9. The van der Waals surface area contributed by atoms with Gasteiger partial charge >= 0.3 is 92.4 Å². The van der Waals surface area contributed by atoms with Crippen LogP contribution < -0.4 is 31.4 Å². The van der Waals surface area contributed by atoms with Crippen molar-refractivity contribution in [1.29, 1.82) is 0 Å². The molecular formula is C12H27IO3Sn. The average Bonchev–Trinajstić information content (AvgIpc) is 2.27. The van der Waals surface area contributed by atoms with E-state index in [4.69, 9.17) is 10.3 Å². The van der Waals surface area contributed by atoms with E-state index >= 15 is 0 Å².